The summed E-state index contributed by atoms with van der Waals surface area (Å²) in [5, 5.41) is 26.8. The first-order valence-corrected chi connectivity index (χ1v) is 3.75. The topological polar surface area (TPSA) is 60.7 Å². The Morgan fingerprint density at radius 2 is 2.00 bits per heavy atom. The molecule has 0 aliphatic carbocycles. The van der Waals surface area contributed by atoms with E-state index in [2.05, 4.69) is 0 Å². The lowest BCUT2D eigenvalue weighted by Crippen LogP contribution is -2.29. The number of aliphatic hydroxyl groups excluding tert-OH is 1. The van der Waals surface area contributed by atoms with Crippen LogP contribution >= 0.6 is 0 Å². The molecule has 3 N–H and O–H groups in total. The molecule has 0 fully saturated rings. The van der Waals surface area contributed by atoms with E-state index < -0.39 is 13.2 Å². The van der Waals surface area contributed by atoms with Crippen LogP contribution in [0.25, 0.3) is 0 Å². The van der Waals surface area contributed by atoms with Gasteiger partial charge in [0.05, 0.1) is 6.10 Å². The molecule has 0 unspecified atom stereocenters. The molecule has 0 aromatic heterocycles. The van der Waals surface area contributed by atoms with Gasteiger partial charge in [0.15, 0.2) is 0 Å². The van der Waals surface area contributed by atoms with Crippen molar-refractivity contribution in [3.8, 4) is 0 Å². The maximum Gasteiger partial charge on any atom is 0.488 e. The molecule has 4 heteroatoms. The molecule has 0 radical (unpaired) electrons. The molecule has 0 amide bonds. The van der Waals surface area contributed by atoms with Crippen LogP contribution in [-0.4, -0.2) is 22.3 Å². The van der Waals surface area contributed by atoms with Gasteiger partial charge in [-0.05, 0) is 17.9 Å². The average molecular weight is 166 g/mol. The maximum atomic E-state index is 9.17. The second kappa shape index (κ2) is 3.71. The quantitative estimate of drug-likeness (QED) is 0.515. The summed E-state index contributed by atoms with van der Waals surface area (Å²) in [7, 11) is -1.47. The lowest BCUT2D eigenvalue weighted by Gasteiger charge is -2.06. The monoisotopic (exact) mass is 166 g/mol. The first-order chi connectivity index (χ1) is 5.61. The second-order valence-electron chi connectivity index (χ2n) is 2.72. The predicted octanol–water partition coefficient (Wildman–Crippen LogP) is -0.580. The Kier molecular flexibility index (Phi) is 2.86. The van der Waals surface area contributed by atoms with Crippen molar-refractivity contribution in [2.24, 2.45) is 0 Å². The molecule has 64 valence electrons. The fourth-order valence-corrected chi connectivity index (χ4v) is 0.979. The third kappa shape index (κ3) is 2.07. The van der Waals surface area contributed by atoms with Crippen molar-refractivity contribution in [1.29, 1.82) is 0 Å². The Morgan fingerprint density at radius 1 is 1.33 bits per heavy atom. The molecule has 3 nitrogen and oxygen atoms in total. The number of hydrogen-bond donors (Lipinski definition) is 3. The third-order valence-corrected chi connectivity index (χ3v) is 1.69. The van der Waals surface area contributed by atoms with E-state index in [1.165, 1.54) is 0 Å². The summed E-state index contributed by atoms with van der Waals surface area (Å²) < 4.78 is 0. The van der Waals surface area contributed by atoms with E-state index in [4.69, 9.17) is 15.2 Å². The fraction of sp³-hybridized carbons (Fsp3) is 0.250. The largest absolute Gasteiger partial charge is 0.488 e. The normalized spacial score (nSPS) is 12.7. The van der Waals surface area contributed by atoms with Crippen molar-refractivity contribution < 1.29 is 15.2 Å². The van der Waals surface area contributed by atoms with Crippen molar-refractivity contribution in [2.45, 2.75) is 13.0 Å². The third-order valence-electron chi connectivity index (χ3n) is 1.69. The standard InChI is InChI=1S/C8H11BO3/c1-6(10)7-3-2-4-8(5-7)9(11)12/h2-6,10-12H,1H3/t6-/m0/s1. The highest BCUT2D eigenvalue weighted by atomic mass is 16.4. The Labute approximate surface area is 71.4 Å². The summed E-state index contributed by atoms with van der Waals surface area (Å²) in [6.45, 7) is 1.63. The van der Waals surface area contributed by atoms with E-state index in [-0.39, 0.29) is 0 Å². The predicted molar refractivity (Wildman–Crippen MR) is 46.9 cm³/mol. The summed E-state index contributed by atoms with van der Waals surface area (Å²) in [5.74, 6) is 0. The number of rotatable bonds is 2. The van der Waals surface area contributed by atoms with Gasteiger partial charge in [0, 0.05) is 0 Å². The van der Waals surface area contributed by atoms with Crippen molar-refractivity contribution in [1.82, 2.24) is 0 Å². The van der Waals surface area contributed by atoms with Gasteiger partial charge in [-0.2, -0.15) is 0 Å². The smallest absolute Gasteiger partial charge is 0.423 e. The molecule has 0 heterocycles. The van der Waals surface area contributed by atoms with E-state index in [0.29, 0.717) is 11.0 Å². The lowest BCUT2D eigenvalue weighted by atomic mass is 9.79. The number of benzene rings is 1. The Hall–Kier alpha value is -0.835. The van der Waals surface area contributed by atoms with Gasteiger partial charge in [-0.25, -0.2) is 0 Å². The van der Waals surface area contributed by atoms with Gasteiger partial charge in [-0.1, -0.05) is 24.3 Å². The molecule has 0 saturated heterocycles. The highest BCUT2D eigenvalue weighted by Gasteiger charge is 2.11. The lowest BCUT2D eigenvalue weighted by molar-refractivity contribution is 0.199. The van der Waals surface area contributed by atoms with Gasteiger partial charge < -0.3 is 15.2 Å². The Balaban J connectivity index is 2.96. The van der Waals surface area contributed by atoms with Crippen LogP contribution in [0.4, 0.5) is 0 Å². The van der Waals surface area contributed by atoms with Crippen LogP contribution in [0.2, 0.25) is 0 Å². The number of aliphatic hydroxyl groups is 1. The SMILES string of the molecule is C[C@H](O)c1cccc(B(O)O)c1. The maximum absolute atomic E-state index is 9.17. The van der Waals surface area contributed by atoms with E-state index >= 15 is 0 Å². The van der Waals surface area contributed by atoms with Crippen molar-refractivity contribution >= 4 is 12.6 Å². The molecule has 0 aliphatic rings. The molecule has 1 rings (SSSR count). The van der Waals surface area contributed by atoms with Crippen LogP contribution in [0.1, 0.15) is 18.6 Å². The molecular weight excluding hydrogens is 155 g/mol. The first-order valence-electron chi connectivity index (χ1n) is 3.75. The van der Waals surface area contributed by atoms with Crippen molar-refractivity contribution in [3.63, 3.8) is 0 Å². The van der Waals surface area contributed by atoms with E-state index in [0.717, 1.165) is 0 Å². The zero-order valence-electron chi connectivity index (χ0n) is 6.81. The molecule has 12 heavy (non-hydrogen) atoms. The van der Waals surface area contributed by atoms with Gasteiger partial charge >= 0.3 is 7.12 Å². The Bertz CT molecular complexity index is 237. The van der Waals surface area contributed by atoms with Crippen molar-refractivity contribution in [3.05, 3.63) is 29.8 Å². The van der Waals surface area contributed by atoms with Gasteiger partial charge in [-0.3, -0.25) is 0 Å². The van der Waals surface area contributed by atoms with Crippen LogP contribution in [0.3, 0.4) is 0 Å². The summed E-state index contributed by atoms with van der Waals surface area (Å²) in [6, 6.07) is 6.57. The van der Waals surface area contributed by atoms with Crippen LogP contribution < -0.4 is 5.46 Å². The molecule has 0 saturated carbocycles. The summed E-state index contributed by atoms with van der Waals surface area (Å²) in [4.78, 5) is 0. The van der Waals surface area contributed by atoms with E-state index in [1.54, 1.807) is 31.2 Å². The summed E-state index contributed by atoms with van der Waals surface area (Å²) in [6.07, 6.45) is -0.580. The van der Waals surface area contributed by atoms with Gasteiger partial charge in [0.2, 0.25) is 0 Å². The van der Waals surface area contributed by atoms with Crippen molar-refractivity contribution in [2.75, 3.05) is 0 Å². The molecule has 1 aromatic carbocycles. The van der Waals surface area contributed by atoms with Crippen LogP contribution in [0, 0.1) is 0 Å². The second-order valence-corrected chi connectivity index (χ2v) is 2.72. The van der Waals surface area contributed by atoms with E-state index in [1.807, 2.05) is 0 Å². The summed E-state index contributed by atoms with van der Waals surface area (Å²) in [5.41, 5.74) is 1.08. The zero-order valence-corrected chi connectivity index (χ0v) is 6.81. The van der Waals surface area contributed by atoms with Gasteiger partial charge in [0.1, 0.15) is 0 Å². The minimum Gasteiger partial charge on any atom is -0.423 e. The average Bonchev–Trinajstić information content (AvgIpc) is 2.04. The molecular formula is C8H11BO3. The van der Waals surface area contributed by atoms with Crippen LogP contribution in [0.15, 0.2) is 24.3 Å². The fourth-order valence-electron chi connectivity index (χ4n) is 0.979. The van der Waals surface area contributed by atoms with Gasteiger partial charge in [0.25, 0.3) is 0 Å². The highest BCUT2D eigenvalue weighted by Crippen LogP contribution is 2.08. The van der Waals surface area contributed by atoms with E-state index in [9.17, 15) is 0 Å². The van der Waals surface area contributed by atoms with Crippen LogP contribution in [-0.2, 0) is 0 Å². The summed E-state index contributed by atoms with van der Waals surface area (Å²) >= 11 is 0. The molecule has 0 aliphatic heterocycles. The zero-order chi connectivity index (χ0) is 9.14. The number of hydrogen-bond acceptors (Lipinski definition) is 3. The van der Waals surface area contributed by atoms with Gasteiger partial charge in [-0.15, -0.1) is 0 Å². The first kappa shape index (κ1) is 9.25. The van der Waals surface area contributed by atoms with Crippen LogP contribution in [0.5, 0.6) is 0 Å². The minimum atomic E-state index is -1.47. The minimum absolute atomic E-state index is 0.397. The highest BCUT2D eigenvalue weighted by molar-refractivity contribution is 6.58. The molecule has 0 spiro atoms. The molecule has 1 atom stereocenters. The molecule has 0 bridgehead atoms. The molecule has 1 aromatic rings. The Morgan fingerprint density at radius 3 is 2.50 bits per heavy atom.